The smallest absolute Gasteiger partial charge is 0.259 e. The van der Waals surface area contributed by atoms with E-state index in [1.54, 1.807) is 12.1 Å². The van der Waals surface area contributed by atoms with Crippen LogP contribution in [0.25, 0.3) is 33.7 Å². The van der Waals surface area contributed by atoms with E-state index in [1.165, 1.54) is 16.6 Å². The molecule has 1 aliphatic rings. The zero-order valence-corrected chi connectivity index (χ0v) is 16.2. The first-order valence-electron chi connectivity index (χ1n) is 9.66. The zero-order chi connectivity index (χ0) is 20.0. The predicted octanol–water partition coefficient (Wildman–Crippen LogP) is 5.04. The van der Waals surface area contributed by atoms with E-state index in [4.69, 9.17) is 9.26 Å². The summed E-state index contributed by atoms with van der Waals surface area (Å²) in [6.07, 6.45) is 4.31. The lowest BCUT2D eigenvalue weighted by Gasteiger charge is -2.12. The number of aromatic amines is 1. The number of aromatic nitrogens is 3. The molecule has 143 valence electrons. The molecule has 2 heterocycles. The van der Waals surface area contributed by atoms with Crippen molar-refractivity contribution in [2.75, 3.05) is 0 Å². The van der Waals surface area contributed by atoms with Crippen LogP contribution in [-0.2, 0) is 6.42 Å². The Kier molecular flexibility index (Phi) is 4.09. The average Bonchev–Trinajstić information content (AvgIpc) is 3.43. The van der Waals surface area contributed by atoms with Crippen LogP contribution < -0.4 is 4.74 Å². The van der Waals surface area contributed by atoms with Crippen LogP contribution in [0.15, 0.2) is 40.9 Å². The minimum atomic E-state index is -0.0392. The van der Waals surface area contributed by atoms with Gasteiger partial charge in [0.1, 0.15) is 17.4 Å². The van der Waals surface area contributed by atoms with E-state index in [1.807, 2.05) is 32.0 Å². The summed E-state index contributed by atoms with van der Waals surface area (Å²) in [5.41, 5.74) is 5.52. The lowest BCUT2D eigenvalue weighted by molar-refractivity contribution is 0.242. The molecule has 1 N–H and O–H groups in total. The maximum atomic E-state index is 9.66. The molecule has 2 aromatic carbocycles. The molecule has 0 spiro atoms. The molecule has 0 unspecified atom stereocenters. The van der Waals surface area contributed by atoms with E-state index in [0.29, 0.717) is 28.6 Å². The number of hydrogen-bond donors (Lipinski definition) is 1. The van der Waals surface area contributed by atoms with Crippen LogP contribution in [0.3, 0.4) is 0 Å². The Hall–Kier alpha value is -3.59. The lowest BCUT2D eigenvalue weighted by Crippen LogP contribution is -2.07. The van der Waals surface area contributed by atoms with Crippen molar-refractivity contribution in [2.45, 2.75) is 32.8 Å². The number of nitrogens with zero attached hydrogens (tertiary/aromatic N) is 3. The average molecular weight is 383 g/mol. The summed E-state index contributed by atoms with van der Waals surface area (Å²) < 4.78 is 11.3. The molecule has 5 rings (SSSR count). The molecule has 4 aromatic rings. The van der Waals surface area contributed by atoms with Crippen LogP contribution in [0.5, 0.6) is 5.75 Å². The first-order chi connectivity index (χ1) is 14.1. The van der Waals surface area contributed by atoms with Crippen molar-refractivity contribution in [1.82, 2.24) is 15.1 Å². The first kappa shape index (κ1) is 17.5. The van der Waals surface area contributed by atoms with Gasteiger partial charge in [-0.25, -0.2) is 0 Å². The van der Waals surface area contributed by atoms with Gasteiger partial charge in [0.25, 0.3) is 5.89 Å². The fourth-order valence-electron chi connectivity index (χ4n) is 3.84. The Morgan fingerprint density at radius 2 is 2.14 bits per heavy atom. The summed E-state index contributed by atoms with van der Waals surface area (Å²) in [5, 5.41) is 15.0. The standard InChI is InChI=1S/C23H19N4O2/c1-13(2)28-21-8-4-6-16(18(21)12-24)23-26-22(27-29-23)14-9-10-20-17(11-14)15-5-3-7-19(15)25-20/h4,6-11,13,25H,3,5H2,1-2H3. The number of rotatable bonds is 4. The predicted molar refractivity (Wildman–Crippen MR) is 109 cm³/mol. The molecule has 0 amide bonds. The summed E-state index contributed by atoms with van der Waals surface area (Å²) >= 11 is 0. The molecule has 0 fully saturated rings. The molecule has 29 heavy (non-hydrogen) atoms. The Balaban J connectivity index is 1.55. The van der Waals surface area contributed by atoms with Crippen molar-refractivity contribution in [3.8, 4) is 34.7 Å². The quantitative estimate of drug-likeness (QED) is 0.533. The van der Waals surface area contributed by atoms with Crippen LogP contribution in [0.4, 0.5) is 0 Å². The second-order valence-corrected chi connectivity index (χ2v) is 7.40. The lowest BCUT2D eigenvalue weighted by atomic mass is 10.1. The fourth-order valence-corrected chi connectivity index (χ4v) is 3.84. The number of ether oxygens (including phenoxy) is 1. The second kappa shape index (κ2) is 6.78. The van der Waals surface area contributed by atoms with E-state index in [9.17, 15) is 5.26 Å². The Bertz CT molecular complexity index is 1260. The third-order valence-electron chi connectivity index (χ3n) is 5.10. The van der Waals surface area contributed by atoms with Crippen LogP contribution in [-0.4, -0.2) is 21.2 Å². The SMILES string of the molecule is CC(C)Oc1cccc(-c2nc(-c3ccc4[nH]c5c(c4c3)CC[CH]5)no2)c1C#N. The van der Waals surface area contributed by atoms with E-state index in [0.717, 1.165) is 23.9 Å². The highest BCUT2D eigenvalue weighted by Crippen LogP contribution is 2.34. The molecule has 1 aliphatic carbocycles. The van der Waals surface area contributed by atoms with Gasteiger partial charge in [-0.3, -0.25) is 0 Å². The van der Waals surface area contributed by atoms with Gasteiger partial charge in [0.05, 0.1) is 11.7 Å². The maximum Gasteiger partial charge on any atom is 0.259 e. The highest BCUT2D eigenvalue weighted by molar-refractivity contribution is 5.89. The van der Waals surface area contributed by atoms with Crippen LogP contribution in [0, 0.1) is 17.8 Å². The van der Waals surface area contributed by atoms with Gasteiger partial charge in [-0.2, -0.15) is 10.2 Å². The zero-order valence-electron chi connectivity index (χ0n) is 16.2. The monoisotopic (exact) mass is 383 g/mol. The van der Waals surface area contributed by atoms with E-state index >= 15 is 0 Å². The molecule has 0 saturated heterocycles. The summed E-state index contributed by atoms with van der Waals surface area (Å²) in [7, 11) is 0. The number of nitrogens with one attached hydrogen (secondary N) is 1. The van der Waals surface area contributed by atoms with Crippen molar-refractivity contribution in [1.29, 1.82) is 5.26 Å². The van der Waals surface area contributed by atoms with Crippen molar-refractivity contribution < 1.29 is 9.26 Å². The topological polar surface area (TPSA) is 87.7 Å². The molecule has 2 aromatic heterocycles. The van der Waals surface area contributed by atoms with Gasteiger partial charge in [-0.15, -0.1) is 0 Å². The molecule has 1 radical (unpaired) electrons. The van der Waals surface area contributed by atoms with Gasteiger partial charge in [0.15, 0.2) is 0 Å². The van der Waals surface area contributed by atoms with Gasteiger partial charge in [-0.05, 0) is 62.6 Å². The minimum Gasteiger partial charge on any atom is -0.490 e. The third kappa shape index (κ3) is 2.95. The van der Waals surface area contributed by atoms with Gasteiger partial charge in [0.2, 0.25) is 5.82 Å². The van der Waals surface area contributed by atoms with Gasteiger partial charge in [-0.1, -0.05) is 11.2 Å². The molecular formula is C23H19N4O2. The Morgan fingerprint density at radius 3 is 2.97 bits per heavy atom. The van der Waals surface area contributed by atoms with E-state index < -0.39 is 0 Å². The summed E-state index contributed by atoms with van der Waals surface area (Å²) in [5.74, 6) is 1.32. The minimum absolute atomic E-state index is 0.0392. The molecule has 0 bridgehead atoms. The van der Waals surface area contributed by atoms with E-state index in [-0.39, 0.29) is 6.10 Å². The Labute approximate surface area is 168 Å². The second-order valence-electron chi connectivity index (χ2n) is 7.40. The first-order valence-corrected chi connectivity index (χ1v) is 9.66. The number of aryl methyl sites for hydroxylation is 1. The number of H-pyrrole nitrogens is 1. The van der Waals surface area contributed by atoms with Crippen LogP contribution in [0.1, 0.15) is 37.1 Å². The van der Waals surface area contributed by atoms with Gasteiger partial charge in [0, 0.05) is 28.6 Å². The molecule has 0 saturated carbocycles. The highest BCUT2D eigenvalue weighted by atomic mass is 16.5. The number of hydrogen-bond acceptors (Lipinski definition) is 5. The highest BCUT2D eigenvalue weighted by Gasteiger charge is 2.20. The van der Waals surface area contributed by atoms with Crippen molar-refractivity contribution in [2.24, 2.45) is 0 Å². The van der Waals surface area contributed by atoms with Crippen LogP contribution in [0.2, 0.25) is 0 Å². The maximum absolute atomic E-state index is 9.66. The van der Waals surface area contributed by atoms with Crippen molar-refractivity contribution in [3.05, 3.63) is 59.6 Å². The molecule has 0 atom stereocenters. The number of fused-ring (bicyclic) bond motifs is 3. The summed E-state index contributed by atoms with van der Waals surface area (Å²) in [6, 6.07) is 13.7. The largest absolute Gasteiger partial charge is 0.490 e. The molecule has 0 aliphatic heterocycles. The molecular weight excluding hydrogens is 364 g/mol. The molecule has 6 nitrogen and oxygen atoms in total. The van der Waals surface area contributed by atoms with Crippen molar-refractivity contribution >= 4 is 10.9 Å². The number of benzene rings is 2. The number of nitriles is 1. The van der Waals surface area contributed by atoms with Crippen molar-refractivity contribution in [3.63, 3.8) is 0 Å². The third-order valence-corrected chi connectivity index (χ3v) is 5.10. The molecule has 6 heteroatoms. The van der Waals surface area contributed by atoms with Crippen LogP contribution >= 0.6 is 0 Å². The summed E-state index contributed by atoms with van der Waals surface area (Å²) in [4.78, 5) is 8.01. The van der Waals surface area contributed by atoms with Gasteiger partial charge >= 0.3 is 0 Å². The summed E-state index contributed by atoms with van der Waals surface area (Å²) in [6.45, 7) is 3.84. The Morgan fingerprint density at radius 1 is 1.24 bits per heavy atom. The fraction of sp³-hybridized carbons (Fsp3) is 0.217. The normalized spacial score (nSPS) is 13.0. The van der Waals surface area contributed by atoms with E-state index in [2.05, 4.69) is 33.7 Å². The van der Waals surface area contributed by atoms with Gasteiger partial charge < -0.3 is 14.2 Å².